The summed E-state index contributed by atoms with van der Waals surface area (Å²) in [4.78, 5) is 20.2. The summed E-state index contributed by atoms with van der Waals surface area (Å²) in [5.41, 5.74) is -0.667. The molecular weight excluding hydrogens is 314 g/mol. The van der Waals surface area contributed by atoms with E-state index in [-0.39, 0.29) is 11.3 Å². The van der Waals surface area contributed by atoms with Crippen LogP contribution in [0.15, 0.2) is 53.4 Å². The van der Waals surface area contributed by atoms with Gasteiger partial charge in [-0.2, -0.15) is 8.42 Å². The SMILES string of the molecule is O=C([O-])c1cccc(OS(=O)(=O)c2cccc([N+](=O)[O-])c2)c1. The number of nitro benzene ring substituents is 1. The number of aromatic carboxylic acids is 1. The van der Waals surface area contributed by atoms with Crippen molar-refractivity contribution >= 4 is 21.8 Å². The molecule has 0 unspecified atom stereocenters. The highest BCUT2D eigenvalue weighted by Gasteiger charge is 2.20. The molecule has 0 heterocycles. The fraction of sp³-hybridized carbons (Fsp3) is 0. The number of carboxylic acid groups (broad SMARTS) is 1. The van der Waals surface area contributed by atoms with Crippen molar-refractivity contribution in [3.8, 4) is 5.75 Å². The Morgan fingerprint density at radius 2 is 1.77 bits per heavy atom. The summed E-state index contributed by atoms with van der Waals surface area (Å²) in [6.07, 6.45) is 0. The van der Waals surface area contributed by atoms with Crippen LogP contribution in [0.1, 0.15) is 10.4 Å². The largest absolute Gasteiger partial charge is 0.545 e. The van der Waals surface area contributed by atoms with Gasteiger partial charge in [-0.05, 0) is 18.2 Å². The van der Waals surface area contributed by atoms with E-state index < -0.39 is 31.6 Å². The van der Waals surface area contributed by atoms with Gasteiger partial charge in [0, 0.05) is 17.7 Å². The number of rotatable bonds is 5. The smallest absolute Gasteiger partial charge is 0.339 e. The average Bonchev–Trinajstić information content (AvgIpc) is 2.47. The predicted octanol–water partition coefficient (Wildman–Crippen LogP) is 0.726. The summed E-state index contributed by atoms with van der Waals surface area (Å²) in [6.45, 7) is 0. The lowest BCUT2D eigenvalue weighted by Crippen LogP contribution is -2.22. The molecule has 0 bridgehead atoms. The number of hydrogen-bond donors (Lipinski definition) is 0. The minimum Gasteiger partial charge on any atom is -0.545 e. The molecule has 0 fully saturated rings. The van der Waals surface area contributed by atoms with E-state index in [9.17, 15) is 28.4 Å². The standard InChI is InChI=1S/C13H9NO7S/c15-13(16)9-3-1-5-11(7-9)21-22(19,20)12-6-2-4-10(8-12)14(17)18/h1-8H,(H,15,16)/p-1. The second kappa shape index (κ2) is 5.82. The molecule has 0 aromatic heterocycles. The molecule has 0 radical (unpaired) electrons. The Morgan fingerprint density at radius 3 is 2.41 bits per heavy atom. The highest BCUT2D eigenvalue weighted by atomic mass is 32.2. The quantitative estimate of drug-likeness (QED) is 0.451. The number of nitrogens with zero attached hydrogens (tertiary/aromatic N) is 1. The summed E-state index contributed by atoms with van der Waals surface area (Å²) in [5.74, 6) is -1.73. The van der Waals surface area contributed by atoms with Gasteiger partial charge >= 0.3 is 10.1 Å². The molecule has 0 saturated heterocycles. The Balaban J connectivity index is 2.35. The molecule has 8 nitrogen and oxygen atoms in total. The fourth-order valence-corrected chi connectivity index (χ4v) is 2.57. The first-order valence-electron chi connectivity index (χ1n) is 5.80. The molecule has 114 valence electrons. The summed E-state index contributed by atoms with van der Waals surface area (Å²) >= 11 is 0. The summed E-state index contributed by atoms with van der Waals surface area (Å²) in [7, 11) is -4.33. The van der Waals surface area contributed by atoms with Crippen LogP contribution in [0.2, 0.25) is 0 Å². The lowest BCUT2D eigenvalue weighted by Gasteiger charge is -2.08. The highest BCUT2D eigenvalue weighted by molar-refractivity contribution is 7.87. The summed E-state index contributed by atoms with van der Waals surface area (Å²) in [5, 5.41) is 21.4. The lowest BCUT2D eigenvalue weighted by atomic mass is 10.2. The number of carboxylic acids is 1. The maximum Gasteiger partial charge on any atom is 0.339 e. The zero-order valence-electron chi connectivity index (χ0n) is 10.8. The molecular formula is C13H8NO7S-. The minimum atomic E-state index is -4.33. The van der Waals surface area contributed by atoms with Crippen LogP contribution in [-0.2, 0) is 10.1 Å². The van der Waals surface area contributed by atoms with Gasteiger partial charge in [0.1, 0.15) is 10.6 Å². The Bertz CT molecular complexity index is 845. The maximum absolute atomic E-state index is 12.0. The molecule has 2 rings (SSSR count). The van der Waals surface area contributed by atoms with Gasteiger partial charge in [0.2, 0.25) is 0 Å². The number of nitro groups is 1. The second-order valence-corrected chi connectivity index (χ2v) is 5.65. The molecule has 2 aromatic carbocycles. The fourth-order valence-electron chi connectivity index (χ4n) is 1.60. The monoisotopic (exact) mass is 322 g/mol. The molecule has 22 heavy (non-hydrogen) atoms. The van der Waals surface area contributed by atoms with Gasteiger partial charge in [-0.15, -0.1) is 0 Å². The van der Waals surface area contributed by atoms with Crippen molar-refractivity contribution in [3.63, 3.8) is 0 Å². The van der Waals surface area contributed by atoms with Crippen molar-refractivity contribution in [2.45, 2.75) is 4.90 Å². The van der Waals surface area contributed by atoms with Gasteiger partial charge in [-0.3, -0.25) is 10.1 Å². The van der Waals surface area contributed by atoms with E-state index in [0.717, 1.165) is 24.3 Å². The molecule has 9 heteroatoms. The van der Waals surface area contributed by atoms with Gasteiger partial charge in [-0.25, -0.2) is 0 Å². The van der Waals surface area contributed by atoms with Crippen molar-refractivity contribution < 1.29 is 27.4 Å². The molecule has 0 spiro atoms. The van der Waals surface area contributed by atoms with E-state index in [0.29, 0.717) is 0 Å². The Morgan fingerprint density at radius 1 is 1.09 bits per heavy atom. The first kappa shape index (κ1) is 15.4. The zero-order chi connectivity index (χ0) is 16.3. The van der Waals surface area contributed by atoms with Crippen LogP contribution in [-0.4, -0.2) is 19.3 Å². The van der Waals surface area contributed by atoms with Crippen LogP contribution in [0.25, 0.3) is 0 Å². The topological polar surface area (TPSA) is 127 Å². The molecule has 0 saturated carbocycles. The first-order chi connectivity index (χ1) is 10.3. The van der Waals surface area contributed by atoms with Crippen molar-refractivity contribution in [1.29, 1.82) is 0 Å². The van der Waals surface area contributed by atoms with Gasteiger partial charge in [-0.1, -0.05) is 18.2 Å². The van der Waals surface area contributed by atoms with Gasteiger partial charge in [0.05, 0.1) is 10.9 Å². The number of benzene rings is 2. The first-order valence-corrected chi connectivity index (χ1v) is 7.21. The second-order valence-electron chi connectivity index (χ2n) is 4.11. The van der Waals surface area contributed by atoms with Crippen molar-refractivity contribution in [2.75, 3.05) is 0 Å². The molecule has 2 aromatic rings. The average molecular weight is 322 g/mol. The molecule has 0 aliphatic carbocycles. The van der Waals surface area contributed by atoms with Crippen LogP contribution in [0.4, 0.5) is 5.69 Å². The number of carbonyl (C=O) groups excluding carboxylic acids is 1. The van der Waals surface area contributed by atoms with Crippen molar-refractivity contribution in [3.05, 3.63) is 64.2 Å². The van der Waals surface area contributed by atoms with Crippen LogP contribution in [0.3, 0.4) is 0 Å². The molecule has 0 aliphatic rings. The van der Waals surface area contributed by atoms with Crippen LogP contribution in [0.5, 0.6) is 5.75 Å². The Labute approximate surface area is 124 Å². The summed E-state index contributed by atoms with van der Waals surface area (Å²) < 4.78 is 28.9. The molecule has 0 N–H and O–H groups in total. The van der Waals surface area contributed by atoms with Crippen LogP contribution in [0, 0.1) is 10.1 Å². The van der Waals surface area contributed by atoms with E-state index in [1.165, 1.54) is 24.3 Å². The van der Waals surface area contributed by atoms with E-state index >= 15 is 0 Å². The Kier molecular flexibility index (Phi) is 4.08. The lowest BCUT2D eigenvalue weighted by molar-refractivity contribution is -0.385. The number of carbonyl (C=O) groups is 1. The van der Waals surface area contributed by atoms with Crippen molar-refractivity contribution in [2.24, 2.45) is 0 Å². The van der Waals surface area contributed by atoms with Crippen LogP contribution < -0.4 is 9.29 Å². The van der Waals surface area contributed by atoms with Gasteiger partial charge in [0.25, 0.3) is 5.69 Å². The third kappa shape index (κ3) is 3.38. The third-order valence-electron chi connectivity index (χ3n) is 2.59. The molecule has 0 aliphatic heterocycles. The third-order valence-corrected chi connectivity index (χ3v) is 3.84. The summed E-state index contributed by atoms with van der Waals surface area (Å²) in [6, 6.07) is 9.02. The maximum atomic E-state index is 12.0. The van der Waals surface area contributed by atoms with E-state index in [2.05, 4.69) is 0 Å². The van der Waals surface area contributed by atoms with Crippen LogP contribution >= 0.6 is 0 Å². The van der Waals surface area contributed by atoms with E-state index in [1.54, 1.807) is 0 Å². The number of non-ortho nitro benzene ring substituents is 1. The number of hydrogen-bond acceptors (Lipinski definition) is 7. The molecule has 0 atom stereocenters. The molecule has 0 amide bonds. The minimum absolute atomic E-state index is 0.242. The highest BCUT2D eigenvalue weighted by Crippen LogP contribution is 2.22. The predicted molar refractivity (Wildman–Crippen MR) is 71.7 cm³/mol. The van der Waals surface area contributed by atoms with E-state index in [4.69, 9.17) is 4.18 Å². The normalized spacial score (nSPS) is 10.9. The zero-order valence-corrected chi connectivity index (χ0v) is 11.6. The Hall–Kier alpha value is -2.94. The van der Waals surface area contributed by atoms with Gasteiger partial charge < -0.3 is 14.1 Å². The van der Waals surface area contributed by atoms with Crippen molar-refractivity contribution in [1.82, 2.24) is 0 Å². The van der Waals surface area contributed by atoms with E-state index in [1.807, 2.05) is 0 Å². The van der Waals surface area contributed by atoms with Gasteiger partial charge in [0.15, 0.2) is 0 Å².